The molecule has 0 saturated carbocycles. The summed E-state index contributed by atoms with van der Waals surface area (Å²) in [5.41, 5.74) is 3.61. The second-order valence-electron chi connectivity index (χ2n) is 7.50. The Kier molecular flexibility index (Phi) is 7.07. The molecule has 0 spiro atoms. The van der Waals surface area contributed by atoms with E-state index in [1.165, 1.54) is 16.6 Å². The van der Waals surface area contributed by atoms with E-state index in [-0.39, 0.29) is 17.2 Å². The zero-order valence-electron chi connectivity index (χ0n) is 18.1. The van der Waals surface area contributed by atoms with Crippen molar-refractivity contribution in [2.45, 2.75) is 38.4 Å². The van der Waals surface area contributed by atoms with Crippen LogP contribution in [0.2, 0.25) is 0 Å². The van der Waals surface area contributed by atoms with E-state index in [0.717, 1.165) is 29.7 Å². The van der Waals surface area contributed by atoms with Crippen molar-refractivity contribution < 1.29 is 4.79 Å². The molecule has 0 radical (unpaired) electrons. The summed E-state index contributed by atoms with van der Waals surface area (Å²) in [5.74, 6) is 0.0765. The molecule has 2 aromatic heterocycles. The number of carbonyl (C=O) groups is 1. The first-order valence-corrected chi connectivity index (χ1v) is 12.5. The molecule has 0 bridgehead atoms. The van der Waals surface area contributed by atoms with Crippen molar-refractivity contribution in [1.82, 2.24) is 9.55 Å². The number of hydrogen-bond donors (Lipinski definition) is 1. The Labute approximate surface area is 195 Å². The maximum Gasteiger partial charge on any atom is 0.262 e. The number of aryl methyl sites for hydroxylation is 3. The predicted molar refractivity (Wildman–Crippen MR) is 134 cm³/mol. The van der Waals surface area contributed by atoms with Gasteiger partial charge in [-0.1, -0.05) is 55.1 Å². The van der Waals surface area contributed by atoms with Crippen molar-refractivity contribution in [2.24, 2.45) is 0 Å². The first kappa shape index (κ1) is 22.3. The van der Waals surface area contributed by atoms with Crippen molar-refractivity contribution >= 4 is 45.6 Å². The van der Waals surface area contributed by atoms with Crippen LogP contribution in [0.4, 0.5) is 5.69 Å². The van der Waals surface area contributed by atoms with Gasteiger partial charge in [-0.3, -0.25) is 14.2 Å². The molecule has 0 fully saturated rings. The van der Waals surface area contributed by atoms with E-state index in [4.69, 9.17) is 4.98 Å². The third-order valence-corrected chi connectivity index (χ3v) is 7.24. The maximum atomic E-state index is 13.2. The number of nitrogens with one attached hydrogen (secondary N) is 1. The van der Waals surface area contributed by atoms with E-state index in [0.29, 0.717) is 22.6 Å². The van der Waals surface area contributed by atoms with Gasteiger partial charge in [-0.25, -0.2) is 4.98 Å². The highest BCUT2D eigenvalue weighted by molar-refractivity contribution is 7.99. The number of hydrogen-bond acceptors (Lipinski definition) is 5. The van der Waals surface area contributed by atoms with E-state index in [2.05, 4.69) is 18.3 Å². The fraction of sp³-hybridized carbons (Fsp3) is 0.240. The summed E-state index contributed by atoms with van der Waals surface area (Å²) in [6, 6.07) is 17.5. The first-order valence-electron chi connectivity index (χ1n) is 10.6. The molecule has 1 N–H and O–H groups in total. The minimum Gasteiger partial charge on any atom is -0.325 e. The Balaban J connectivity index is 1.57. The number of benzene rings is 2. The second kappa shape index (κ2) is 10.1. The standard InChI is InChI=1S/C25H25N3O2S2/c1-3-18-9-6-8-17(2)23(18)27-22(29)16-32-25-26-21-12-5-4-11-20(21)24(30)28(25)14-13-19-10-7-15-31-19/h4-12,15H,3,13-14,16H2,1-2H3,(H,27,29). The summed E-state index contributed by atoms with van der Waals surface area (Å²) in [4.78, 5) is 31.9. The molecule has 2 heterocycles. The van der Waals surface area contributed by atoms with Crippen molar-refractivity contribution in [2.75, 3.05) is 11.1 Å². The average molecular weight is 464 g/mol. The van der Waals surface area contributed by atoms with Crippen LogP contribution in [-0.2, 0) is 24.2 Å². The normalized spacial score (nSPS) is 11.1. The van der Waals surface area contributed by atoms with Gasteiger partial charge in [0.1, 0.15) is 0 Å². The molecule has 5 nitrogen and oxygen atoms in total. The third-order valence-electron chi connectivity index (χ3n) is 5.33. The van der Waals surface area contributed by atoms with Crippen LogP contribution in [0.25, 0.3) is 10.9 Å². The van der Waals surface area contributed by atoms with Gasteiger partial charge in [-0.05, 0) is 54.5 Å². The highest BCUT2D eigenvalue weighted by Gasteiger charge is 2.15. The number of nitrogens with zero attached hydrogens (tertiary/aromatic N) is 2. The topological polar surface area (TPSA) is 64.0 Å². The van der Waals surface area contributed by atoms with Crippen LogP contribution >= 0.6 is 23.1 Å². The Bertz CT molecular complexity index is 1300. The molecule has 1 amide bonds. The van der Waals surface area contributed by atoms with Crippen molar-refractivity contribution in [1.29, 1.82) is 0 Å². The quantitative estimate of drug-likeness (QED) is 0.284. The number of fused-ring (bicyclic) bond motifs is 1. The smallest absolute Gasteiger partial charge is 0.262 e. The third kappa shape index (κ3) is 4.95. The molecule has 0 aliphatic heterocycles. The monoisotopic (exact) mass is 463 g/mol. The Morgan fingerprint density at radius 2 is 1.97 bits per heavy atom. The van der Waals surface area contributed by atoms with Crippen LogP contribution < -0.4 is 10.9 Å². The summed E-state index contributed by atoms with van der Waals surface area (Å²) in [7, 11) is 0. The molecule has 2 aromatic carbocycles. The number of anilines is 1. The first-order chi connectivity index (χ1) is 15.6. The zero-order valence-corrected chi connectivity index (χ0v) is 19.8. The van der Waals surface area contributed by atoms with E-state index >= 15 is 0 Å². The lowest BCUT2D eigenvalue weighted by atomic mass is 10.1. The van der Waals surface area contributed by atoms with E-state index in [1.54, 1.807) is 22.0 Å². The molecule has 0 aliphatic rings. The predicted octanol–water partition coefficient (Wildman–Crippen LogP) is 5.30. The van der Waals surface area contributed by atoms with Gasteiger partial charge in [-0.2, -0.15) is 0 Å². The van der Waals surface area contributed by atoms with Crippen LogP contribution in [0.3, 0.4) is 0 Å². The van der Waals surface area contributed by atoms with Gasteiger partial charge < -0.3 is 5.32 Å². The molecule has 7 heteroatoms. The summed E-state index contributed by atoms with van der Waals surface area (Å²) in [5, 5.41) is 6.25. The molecule has 164 valence electrons. The minimum absolute atomic E-state index is 0.0674. The molecule has 0 atom stereocenters. The number of aromatic nitrogens is 2. The Morgan fingerprint density at radius 1 is 1.12 bits per heavy atom. The van der Waals surface area contributed by atoms with Crippen LogP contribution in [0.15, 0.2) is 69.9 Å². The molecular formula is C25H25N3O2S2. The molecule has 4 rings (SSSR count). The van der Waals surface area contributed by atoms with Gasteiger partial charge in [0.05, 0.1) is 16.7 Å². The second-order valence-corrected chi connectivity index (χ2v) is 9.47. The SMILES string of the molecule is CCc1cccc(C)c1NC(=O)CSc1nc2ccccc2c(=O)n1CCc1cccs1. The van der Waals surface area contributed by atoms with E-state index in [9.17, 15) is 9.59 Å². The fourth-order valence-corrected chi connectivity index (χ4v) is 5.16. The molecule has 32 heavy (non-hydrogen) atoms. The summed E-state index contributed by atoms with van der Waals surface area (Å²) >= 11 is 2.98. The minimum atomic E-state index is -0.105. The lowest BCUT2D eigenvalue weighted by molar-refractivity contribution is -0.113. The van der Waals surface area contributed by atoms with Crippen LogP contribution in [-0.4, -0.2) is 21.2 Å². The van der Waals surface area contributed by atoms with Crippen LogP contribution in [0.1, 0.15) is 22.9 Å². The number of thioether (sulfide) groups is 1. The van der Waals surface area contributed by atoms with Gasteiger partial charge in [0.15, 0.2) is 5.16 Å². The summed E-state index contributed by atoms with van der Waals surface area (Å²) in [6.45, 7) is 4.60. The van der Waals surface area contributed by atoms with Crippen LogP contribution in [0.5, 0.6) is 0 Å². The number of rotatable bonds is 8. The van der Waals surface area contributed by atoms with Gasteiger partial charge in [0.2, 0.25) is 5.91 Å². The highest BCUT2D eigenvalue weighted by Crippen LogP contribution is 2.23. The van der Waals surface area contributed by atoms with E-state index in [1.807, 2.05) is 54.8 Å². The van der Waals surface area contributed by atoms with E-state index < -0.39 is 0 Å². The lowest BCUT2D eigenvalue weighted by Crippen LogP contribution is -2.25. The number of para-hydroxylation sites is 2. The zero-order chi connectivity index (χ0) is 22.5. The number of thiophene rings is 1. The van der Waals surface area contributed by atoms with Gasteiger partial charge in [0, 0.05) is 17.1 Å². The van der Waals surface area contributed by atoms with Gasteiger partial charge >= 0.3 is 0 Å². The van der Waals surface area contributed by atoms with Crippen molar-refractivity contribution in [3.63, 3.8) is 0 Å². The lowest BCUT2D eigenvalue weighted by Gasteiger charge is -2.14. The Hall–Kier alpha value is -2.90. The van der Waals surface area contributed by atoms with Crippen LogP contribution in [0, 0.1) is 6.92 Å². The number of carbonyl (C=O) groups excluding carboxylic acids is 1. The van der Waals surface area contributed by atoms with Gasteiger partial charge in [0.25, 0.3) is 5.56 Å². The molecular weight excluding hydrogens is 438 g/mol. The molecule has 0 saturated heterocycles. The van der Waals surface area contributed by atoms with Crippen molar-refractivity contribution in [3.05, 3.63) is 86.3 Å². The van der Waals surface area contributed by atoms with Crippen molar-refractivity contribution in [3.8, 4) is 0 Å². The largest absolute Gasteiger partial charge is 0.325 e. The van der Waals surface area contributed by atoms with Gasteiger partial charge in [-0.15, -0.1) is 11.3 Å². The maximum absolute atomic E-state index is 13.2. The molecule has 0 unspecified atom stereocenters. The summed E-state index contributed by atoms with van der Waals surface area (Å²) in [6.07, 6.45) is 1.60. The molecule has 4 aromatic rings. The number of amides is 1. The molecule has 0 aliphatic carbocycles. The average Bonchev–Trinajstić information content (AvgIpc) is 3.32. The highest BCUT2D eigenvalue weighted by atomic mass is 32.2. The Morgan fingerprint density at radius 3 is 2.75 bits per heavy atom. The summed E-state index contributed by atoms with van der Waals surface area (Å²) < 4.78 is 1.70. The fourth-order valence-electron chi connectivity index (χ4n) is 3.64.